The number of aliphatic hydroxyl groups is 1. The summed E-state index contributed by atoms with van der Waals surface area (Å²) in [7, 11) is 0. The topological polar surface area (TPSA) is 58.6 Å². The minimum atomic E-state index is -2.91. The first-order valence-electron chi connectivity index (χ1n) is 6.57. The summed E-state index contributed by atoms with van der Waals surface area (Å²) in [6, 6.07) is 5.64. The van der Waals surface area contributed by atoms with Crippen molar-refractivity contribution in [3.63, 3.8) is 0 Å². The second-order valence-electron chi connectivity index (χ2n) is 4.87. The maximum absolute atomic E-state index is 12.1. The molecule has 4 nitrogen and oxygen atoms in total. The monoisotopic (exact) mass is 285 g/mol. The first-order chi connectivity index (χ1) is 9.56. The number of benzene rings is 1. The average molecular weight is 285 g/mol. The van der Waals surface area contributed by atoms with Gasteiger partial charge in [-0.1, -0.05) is 12.5 Å². The molecule has 1 saturated carbocycles. The van der Waals surface area contributed by atoms with E-state index in [-0.39, 0.29) is 29.2 Å². The lowest BCUT2D eigenvalue weighted by Crippen LogP contribution is -2.32. The fourth-order valence-corrected chi connectivity index (χ4v) is 2.39. The molecule has 0 aromatic heterocycles. The fourth-order valence-electron chi connectivity index (χ4n) is 2.39. The number of carbonyl (C=O) groups is 1. The van der Waals surface area contributed by atoms with Gasteiger partial charge in [0.05, 0.1) is 6.10 Å². The van der Waals surface area contributed by atoms with Crippen molar-refractivity contribution in [2.24, 2.45) is 5.92 Å². The molecular weight excluding hydrogens is 268 g/mol. The zero-order valence-corrected chi connectivity index (χ0v) is 10.9. The van der Waals surface area contributed by atoms with Gasteiger partial charge in [0.1, 0.15) is 5.75 Å². The average Bonchev–Trinajstić information content (AvgIpc) is 2.81. The van der Waals surface area contributed by atoms with E-state index in [0.717, 1.165) is 19.3 Å². The molecule has 2 N–H and O–H groups in total. The zero-order chi connectivity index (χ0) is 14.5. The predicted molar refractivity (Wildman–Crippen MR) is 68.8 cm³/mol. The summed E-state index contributed by atoms with van der Waals surface area (Å²) in [6.45, 7) is -2.53. The molecule has 2 rings (SSSR count). The standard InChI is InChI=1S/C14H17F2NO3/c15-14(16)20-11-5-1-3-9(7-11)13(19)17-8-10-4-2-6-12(10)18/h1,3,5,7,10,12,14,18H,2,4,6,8H2,(H,17,19). The van der Waals surface area contributed by atoms with Crippen LogP contribution in [0.15, 0.2) is 24.3 Å². The molecule has 0 radical (unpaired) electrons. The number of hydrogen-bond acceptors (Lipinski definition) is 3. The number of nitrogens with one attached hydrogen (secondary N) is 1. The van der Waals surface area contributed by atoms with E-state index in [1.54, 1.807) is 0 Å². The molecule has 1 fully saturated rings. The highest BCUT2D eigenvalue weighted by atomic mass is 19.3. The van der Waals surface area contributed by atoms with Gasteiger partial charge in [-0.15, -0.1) is 0 Å². The minimum Gasteiger partial charge on any atom is -0.435 e. The molecule has 110 valence electrons. The van der Waals surface area contributed by atoms with Crippen molar-refractivity contribution in [1.29, 1.82) is 0 Å². The smallest absolute Gasteiger partial charge is 0.387 e. The summed E-state index contributed by atoms with van der Waals surface area (Å²) in [5, 5.41) is 12.4. The summed E-state index contributed by atoms with van der Waals surface area (Å²) in [5.74, 6) is -0.336. The lowest BCUT2D eigenvalue weighted by atomic mass is 10.1. The van der Waals surface area contributed by atoms with Crippen molar-refractivity contribution in [1.82, 2.24) is 5.32 Å². The largest absolute Gasteiger partial charge is 0.435 e. The van der Waals surface area contributed by atoms with Crippen LogP contribution >= 0.6 is 0 Å². The summed E-state index contributed by atoms with van der Waals surface area (Å²) in [6.07, 6.45) is 2.23. The van der Waals surface area contributed by atoms with Crippen LogP contribution in [0.5, 0.6) is 5.75 Å². The number of hydrogen-bond donors (Lipinski definition) is 2. The third-order valence-electron chi connectivity index (χ3n) is 3.47. The van der Waals surface area contributed by atoms with Crippen LogP contribution in [0, 0.1) is 5.92 Å². The van der Waals surface area contributed by atoms with Crippen LogP contribution in [0.4, 0.5) is 8.78 Å². The molecular formula is C14H17F2NO3. The van der Waals surface area contributed by atoms with Gasteiger partial charge >= 0.3 is 6.61 Å². The lowest BCUT2D eigenvalue weighted by molar-refractivity contribution is -0.0498. The lowest BCUT2D eigenvalue weighted by Gasteiger charge is -2.15. The van der Waals surface area contributed by atoms with E-state index in [1.807, 2.05) is 0 Å². The highest BCUT2D eigenvalue weighted by Crippen LogP contribution is 2.24. The van der Waals surface area contributed by atoms with Crippen molar-refractivity contribution in [2.75, 3.05) is 6.54 Å². The van der Waals surface area contributed by atoms with Crippen molar-refractivity contribution >= 4 is 5.91 Å². The fraction of sp³-hybridized carbons (Fsp3) is 0.500. The quantitative estimate of drug-likeness (QED) is 0.871. The Kier molecular flexibility index (Phi) is 4.89. The minimum absolute atomic E-state index is 0.0476. The Hall–Kier alpha value is -1.69. The Labute approximate surface area is 115 Å². The Balaban J connectivity index is 1.91. The number of aliphatic hydroxyl groups excluding tert-OH is 1. The Bertz CT molecular complexity index is 467. The first-order valence-corrected chi connectivity index (χ1v) is 6.57. The van der Waals surface area contributed by atoms with Crippen LogP contribution in [-0.2, 0) is 0 Å². The molecule has 1 aromatic rings. The number of rotatable bonds is 5. The third-order valence-corrected chi connectivity index (χ3v) is 3.47. The normalized spacial score (nSPS) is 22.0. The van der Waals surface area contributed by atoms with E-state index in [9.17, 15) is 18.7 Å². The van der Waals surface area contributed by atoms with Crippen molar-refractivity contribution in [3.8, 4) is 5.75 Å². The van der Waals surface area contributed by atoms with Crippen LogP contribution in [0.2, 0.25) is 0 Å². The molecule has 1 aromatic carbocycles. The Morgan fingerprint density at radius 1 is 1.45 bits per heavy atom. The summed E-state index contributed by atoms with van der Waals surface area (Å²) in [5.41, 5.74) is 0.260. The van der Waals surface area contributed by atoms with Gasteiger partial charge < -0.3 is 15.2 Å². The number of amides is 1. The van der Waals surface area contributed by atoms with Gasteiger partial charge in [-0.05, 0) is 31.0 Å². The molecule has 1 aliphatic rings. The molecule has 0 saturated heterocycles. The van der Waals surface area contributed by atoms with E-state index >= 15 is 0 Å². The van der Waals surface area contributed by atoms with Crippen LogP contribution in [-0.4, -0.2) is 30.3 Å². The van der Waals surface area contributed by atoms with Crippen molar-refractivity contribution in [3.05, 3.63) is 29.8 Å². The van der Waals surface area contributed by atoms with Crippen molar-refractivity contribution in [2.45, 2.75) is 32.0 Å². The zero-order valence-electron chi connectivity index (χ0n) is 10.9. The molecule has 0 heterocycles. The van der Waals surface area contributed by atoms with E-state index < -0.39 is 6.61 Å². The summed E-state index contributed by atoms with van der Waals surface area (Å²) in [4.78, 5) is 11.9. The van der Waals surface area contributed by atoms with E-state index in [1.165, 1.54) is 24.3 Å². The summed E-state index contributed by atoms with van der Waals surface area (Å²) >= 11 is 0. The SMILES string of the molecule is O=C(NCC1CCCC1O)c1cccc(OC(F)F)c1. The molecule has 0 spiro atoms. The molecule has 0 aliphatic heterocycles. The van der Waals surface area contributed by atoms with Gasteiger partial charge in [0, 0.05) is 18.0 Å². The molecule has 20 heavy (non-hydrogen) atoms. The Morgan fingerprint density at radius 3 is 2.90 bits per heavy atom. The molecule has 1 aliphatic carbocycles. The highest BCUT2D eigenvalue weighted by Gasteiger charge is 2.25. The molecule has 1 amide bonds. The maximum Gasteiger partial charge on any atom is 0.387 e. The van der Waals surface area contributed by atoms with Crippen LogP contribution < -0.4 is 10.1 Å². The number of alkyl halides is 2. The van der Waals surface area contributed by atoms with E-state index in [2.05, 4.69) is 10.1 Å². The van der Waals surface area contributed by atoms with Gasteiger partial charge in [0.2, 0.25) is 0 Å². The number of halogens is 2. The third kappa shape index (κ3) is 3.90. The van der Waals surface area contributed by atoms with Gasteiger partial charge in [-0.25, -0.2) is 0 Å². The second-order valence-corrected chi connectivity index (χ2v) is 4.87. The van der Waals surface area contributed by atoms with Crippen LogP contribution in [0.1, 0.15) is 29.6 Å². The van der Waals surface area contributed by atoms with Gasteiger partial charge in [-0.3, -0.25) is 4.79 Å². The number of ether oxygens (including phenoxy) is 1. The predicted octanol–water partition coefficient (Wildman–Crippen LogP) is 2.18. The first kappa shape index (κ1) is 14.7. The van der Waals surface area contributed by atoms with E-state index in [4.69, 9.17) is 0 Å². The van der Waals surface area contributed by atoms with E-state index in [0.29, 0.717) is 6.54 Å². The van der Waals surface area contributed by atoms with Gasteiger partial charge in [-0.2, -0.15) is 8.78 Å². The molecule has 6 heteroatoms. The summed E-state index contributed by atoms with van der Waals surface area (Å²) < 4.78 is 28.4. The van der Waals surface area contributed by atoms with Crippen LogP contribution in [0.25, 0.3) is 0 Å². The highest BCUT2D eigenvalue weighted by molar-refractivity contribution is 5.94. The van der Waals surface area contributed by atoms with Gasteiger partial charge in [0.15, 0.2) is 0 Å². The van der Waals surface area contributed by atoms with Crippen LogP contribution in [0.3, 0.4) is 0 Å². The Morgan fingerprint density at radius 2 is 2.25 bits per heavy atom. The van der Waals surface area contributed by atoms with Gasteiger partial charge in [0.25, 0.3) is 5.91 Å². The second kappa shape index (κ2) is 6.65. The molecule has 2 unspecified atom stereocenters. The molecule has 2 atom stereocenters. The molecule has 0 bridgehead atoms. The number of carbonyl (C=O) groups excluding carboxylic acids is 1. The maximum atomic E-state index is 12.1. The van der Waals surface area contributed by atoms with Crippen molar-refractivity contribution < 1.29 is 23.4 Å².